The van der Waals surface area contributed by atoms with Crippen LogP contribution in [0.2, 0.25) is 0 Å². The summed E-state index contributed by atoms with van der Waals surface area (Å²) in [6, 6.07) is 0. The molecule has 5 nitrogen and oxygen atoms in total. The standard InChI is InChI=1S/C4H5BrN4O/c5-2-1-7-4(9-6)8-3(2)10/h1H,6H2,(H2,7,8,9,10). The van der Waals surface area contributed by atoms with Crippen LogP contribution < -0.4 is 16.8 Å². The molecular weight excluding hydrogens is 200 g/mol. The van der Waals surface area contributed by atoms with Gasteiger partial charge in [0.25, 0.3) is 5.56 Å². The third-order valence-corrected chi connectivity index (χ3v) is 1.46. The predicted molar refractivity (Wildman–Crippen MR) is 40.4 cm³/mol. The average molecular weight is 205 g/mol. The van der Waals surface area contributed by atoms with Gasteiger partial charge in [-0.05, 0) is 15.9 Å². The highest BCUT2D eigenvalue weighted by Crippen LogP contribution is 1.99. The van der Waals surface area contributed by atoms with Crippen LogP contribution in [0.5, 0.6) is 0 Å². The summed E-state index contributed by atoms with van der Waals surface area (Å²) in [5.74, 6) is 5.21. The molecule has 0 aliphatic heterocycles. The van der Waals surface area contributed by atoms with Crippen LogP contribution in [0.25, 0.3) is 0 Å². The molecule has 0 bridgehead atoms. The second-order valence-corrected chi connectivity index (χ2v) is 2.41. The van der Waals surface area contributed by atoms with E-state index in [-0.39, 0.29) is 11.5 Å². The van der Waals surface area contributed by atoms with E-state index in [1.54, 1.807) is 0 Å². The van der Waals surface area contributed by atoms with Crippen molar-refractivity contribution in [3.63, 3.8) is 0 Å². The first kappa shape index (κ1) is 7.23. The zero-order valence-corrected chi connectivity index (χ0v) is 6.47. The van der Waals surface area contributed by atoms with Crippen molar-refractivity contribution in [3.05, 3.63) is 21.0 Å². The number of aromatic amines is 1. The molecule has 0 fully saturated rings. The number of hydrogen-bond donors (Lipinski definition) is 3. The molecule has 0 saturated heterocycles. The van der Waals surface area contributed by atoms with E-state index in [1.807, 2.05) is 0 Å². The van der Waals surface area contributed by atoms with Crippen LogP contribution in [0.4, 0.5) is 5.95 Å². The summed E-state index contributed by atoms with van der Waals surface area (Å²) in [7, 11) is 0. The highest BCUT2D eigenvalue weighted by molar-refractivity contribution is 9.10. The highest BCUT2D eigenvalue weighted by Gasteiger charge is 1.95. The smallest absolute Gasteiger partial charge is 0.266 e. The van der Waals surface area contributed by atoms with Crippen molar-refractivity contribution in [2.24, 2.45) is 5.84 Å². The minimum Gasteiger partial charge on any atom is -0.294 e. The monoisotopic (exact) mass is 204 g/mol. The van der Waals surface area contributed by atoms with Gasteiger partial charge >= 0.3 is 0 Å². The highest BCUT2D eigenvalue weighted by atomic mass is 79.9. The normalized spacial score (nSPS) is 9.40. The first-order chi connectivity index (χ1) is 4.74. The SMILES string of the molecule is NNc1ncc(Br)c(=O)[nH]1. The molecule has 4 N–H and O–H groups in total. The third kappa shape index (κ3) is 1.34. The molecule has 0 spiro atoms. The lowest BCUT2D eigenvalue weighted by molar-refractivity contribution is 1.07. The molecule has 1 aromatic rings. The average Bonchev–Trinajstić information content (AvgIpc) is 1.95. The van der Waals surface area contributed by atoms with Crippen LogP contribution in [0, 0.1) is 0 Å². The number of nitrogens with zero attached hydrogens (tertiary/aromatic N) is 1. The molecule has 1 heterocycles. The molecule has 0 aliphatic carbocycles. The predicted octanol–water partition coefficient (Wildman–Crippen LogP) is -0.182. The van der Waals surface area contributed by atoms with Gasteiger partial charge in [0.05, 0.1) is 6.20 Å². The molecule has 10 heavy (non-hydrogen) atoms. The van der Waals surface area contributed by atoms with Gasteiger partial charge in [-0.3, -0.25) is 15.2 Å². The van der Waals surface area contributed by atoms with Gasteiger partial charge in [0.2, 0.25) is 5.95 Å². The van der Waals surface area contributed by atoms with E-state index in [4.69, 9.17) is 5.84 Å². The largest absolute Gasteiger partial charge is 0.294 e. The maximum atomic E-state index is 10.8. The number of nitrogens with one attached hydrogen (secondary N) is 2. The van der Waals surface area contributed by atoms with Gasteiger partial charge in [-0.2, -0.15) is 0 Å². The Labute approximate surface area is 64.8 Å². The second kappa shape index (κ2) is 2.80. The second-order valence-electron chi connectivity index (χ2n) is 1.55. The lowest BCUT2D eigenvalue weighted by Gasteiger charge is -1.95. The van der Waals surface area contributed by atoms with E-state index in [9.17, 15) is 4.79 Å². The van der Waals surface area contributed by atoms with E-state index in [2.05, 4.69) is 31.3 Å². The Morgan fingerprint density at radius 3 is 3.00 bits per heavy atom. The minimum absolute atomic E-state index is 0.244. The number of nitrogen functional groups attached to an aromatic ring is 1. The molecule has 0 radical (unpaired) electrons. The number of hydrazine groups is 1. The van der Waals surface area contributed by atoms with Crippen molar-refractivity contribution in [3.8, 4) is 0 Å². The molecule has 0 aromatic carbocycles. The van der Waals surface area contributed by atoms with Crippen molar-refractivity contribution in [1.82, 2.24) is 9.97 Å². The lowest BCUT2D eigenvalue weighted by atomic mass is 10.7. The zero-order valence-electron chi connectivity index (χ0n) is 4.89. The summed E-state index contributed by atoms with van der Waals surface area (Å²) >= 11 is 2.98. The first-order valence-electron chi connectivity index (χ1n) is 2.45. The third-order valence-electron chi connectivity index (χ3n) is 0.893. The number of H-pyrrole nitrogens is 1. The summed E-state index contributed by atoms with van der Waals surface area (Å²) in [5.41, 5.74) is 1.95. The summed E-state index contributed by atoms with van der Waals surface area (Å²) in [6.07, 6.45) is 1.37. The van der Waals surface area contributed by atoms with Crippen LogP contribution in [0.3, 0.4) is 0 Å². The van der Waals surface area contributed by atoms with Gasteiger partial charge < -0.3 is 0 Å². The van der Waals surface area contributed by atoms with E-state index >= 15 is 0 Å². The molecule has 1 aromatic heterocycles. The molecular formula is C4H5BrN4O. The van der Waals surface area contributed by atoms with Crippen LogP contribution in [0.15, 0.2) is 15.5 Å². The fraction of sp³-hybridized carbons (Fsp3) is 0. The van der Waals surface area contributed by atoms with Gasteiger partial charge in [-0.15, -0.1) is 0 Å². The van der Waals surface area contributed by atoms with Gasteiger partial charge in [-0.25, -0.2) is 10.8 Å². The Bertz CT molecular complexity index is 283. The van der Waals surface area contributed by atoms with Crippen molar-refractivity contribution in [2.75, 3.05) is 5.43 Å². The number of aromatic nitrogens is 2. The number of rotatable bonds is 1. The molecule has 1 rings (SSSR count). The number of halogens is 1. The maximum absolute atomic E-state index is 10.8. The molecule has 0 amide bonds. The first-order valence-corrected chi connectivity index (χ1v) is 3.25. The van der Waals surface area contributed by atoms with E-state index in [0.29, 0.717) is 4.47 Å². The van der Waals surface area contributed by atoms with Crippen LogP contribution in [0.1, 0.15) is 0 Å². The van der Waals surface area contributed by atoms with Crippen LogP contribution in [-0.4, -0.2) is 9.97 Å². The van der Waals surface area contributed by atoms with Crippen LogP contribution in [-0.2, 0) is 0 Å². The van der Waals surface area contributed by atoms with E-state index in [0.717, 1.165) is 0 Å². The van der Waals surface area contributed by atoms with Gasteiger partial charge in [0, 0.05) is 0 Å². The molecule has 0 saturated carbocycles. The zero-order chi connectivity index (χ0) is 7.56. The summed E-state index contributed by atoms with van der Waals surface area (Å²) in [6.45, 7) is 0. The van der Waals surface area contributed by atoms with Gasteiger partial charge in [-0.1, -0.05) is 0 Å². The molecule has 54 valence electrons. The van der Waals surface area contributed by atoms with Gasteiger partial charge in [0.1, 0.15) is 4.47 Å². The molecule has 0 aliphatic rings. The Morgan fingerprint density at radius 1 is 1.80 bits per heavy atom. The van der Waals surface area contributed by atoms with E-state index < -0.39 is 0 Å². The Kier molecular flexibility index (Phi) is 2.03. The molecule has 6 heteroatoms. The summed E-state index contributed by atoms with van der Waals surface area (Å²) < 4.78 is 0.381. The number of nitrogens with two attached hydrogens (primary N) is 1. The van der Waals surface area contributed by atoms with Crippen molar-refractivity contribution in [2.45, 2.75) is 0 Å². The fourth-order valence-corrected chi connectivity index (χ4v) is 0.654. The maximum Gasteiger partial charge on any atom is 0.266 e. The molecule has 0 unspecified atom stereocenters. The topological polar surface area (TPSA) is 83.8 Å². The summed E-state index contributed by atoms with van der Waals surface area (Å²) in [4.78, 5) is 16.9. The number of hydrogen-bond acceptors (Lipinski definition) is 4. The van der Waals surface area contributed by atoms with Gasteiger partial charge in [0.15, 0.2) is 0 Å². The minimum atomic E-state index is -0.261. The van der Waals surface area contributed by atoms with Crippen molar-refractivity contribution in [1.29, 1.82) is 0 Å². The van der Waals surface area contributed by atoms with Crippen molar-refractivity contribution < 1.29 is 0 Å². The molecule has 0 atom stereocenters. The summed E-state index contributed by atoms with van der Waals surface area (Å²) in [5, 5.41) is 0. The quantitative estimate of drug-likeness (QED) is 0.438. The number of anilines is 1. The lowest BCUT2D eigenvalue weighted by Crippen LogP contribution is -2.16. The van der Waals surface area contributed by atoms with Crippen LogP contribution >= 0.6 is 15.9 Å². The van der Waals surface area contributed by atoms with E-state index in [1.165, 1.54) is 6.20 Å². The van der Waals surface area contributed by atoms with Crippen molar-refractivity contribution >= 4 is 21.9 Å². The Balaban J connectivity index is 3.17. The Morgan fingerprint density at radius 2 is 2.50 bits per heavy atom. The fourth-order valence-electron chi connectivity index (χ4n) is 0.453. The Hall–Kier alpha value is -0.880.